The van der Waals surface area contributed by atoms with Crippen molar-refractivity contribution in [3.05, 3.63) is 0 Å². The van der Waals surface area contributed by atoms with Gasteiger partial charge in [0.25, 0.3) is 0 Å². The van der Waals surface area contributed by atoms with Crippen LogP contribution in [0.4, 0.5) is 0 Å². The standard InChI is InChI=1S/C3H3NO2.H3NO/c4-2-1-3(5)6;1-2/h1H2,(H,5,6);2H,1H2. The van der Waals surface area contributed by atoms with Crippen molar-refractivity contribution in [2.24, 2.45) is 5.90 Å². The summed E-state index contributed by atoms with van der Waals surface area (Å²) in [6.07, 6.45) is -0.403. The second-order valence-corrected chi connectivity index (χ2v) is 0.729. The molecule has 5 nitrogen and oxygen atoms in total. The molecule has 0 heterocycles. The molecule has 46 valence electrons. The number of nitrogens with two attached hydrogens (primary N) is 1. The van der Waals surface area contributed by atoms with Gasteiger partial charge in [-0.15, -0.1) is 0 Å². The van der Waals surface area contributed by atoms with E-state index in [1.165, 1.54) is 6.07 Å². The minimum absolute atomic E-state index is 0.403. The van der Waals surface area contributed by atoms with Gasteiger partial charge in [0.1, 0.15) is 6.42 Å². The molecule has 0 aromatic heterocycles. The molecule has 0 fully saturated rings. The van der Waals surface area contributed by atoms with Gasteiger partial charge in [-0.3, -0.25) is 4.79 Å². The minimum Gasteiger partial charge on any atom is -0.480 e. The summed E-state index contributed by atoms with van der Waals surface area (Å²) in [5.74, 6) is 2.43. The fourth-order valence-electron chi connectivity index (χ4n) is 0.0676. The number of carboxylic acid groups (broad SMARTS) is 1. The highest BCUT2D eigenvalue weighted by Crippen LogP contribution is 1.68. The molecular weight excluding hydrogens is 112 g/mol. The molecule has 5 heteroatoms. The monoisotopic (exact) mass is 118 g/mol. The maximum Gasteiger partial charge on any atom is 0.317 e. The van der Waals surface area contributed by atoms with Crippen molar-refractivity contribution >= 4 is 5.97 Å². The highest BCUT2D eigenvalue weighted by atomic mass is 16.4. The van der Waals surface area contributed by atoms with E-state index in [2.05, 4.69) is 5.90 Å². The molecule has 0 saturated heterocycles. The molecule has 0 radical (unpaired) electrons. The van der Waals surface area contributed by atoms with Crippen LogP contribution in [0.3, 0.4) is 0 Å². The van der Waals surface area contributed by atoms with Gasteiger partial charge in [0.05, 0.1) is 6.07 Å². The second kappa shape index (κ2) is 9.30. The van der Waals surface area contributed by atoms with E-state index in [1.54, 1.807) is 0 Å². The van der Waals surface area contributed by atoms with Gasteiger partial charge < -0.3 is 10.3 Å². The molecule has 8 heavy (non-hydrogen) atoms. The third-order valence-corrected chi connectivity index (χ3v) is 0.230. The first-order valence-corrected chi connectivity index (χ1v) is 1.62. The Morgan fingerprint density at radius 1 is 1.75 bits per heavy atom. The molecule has 0 aliphatic carbocycles. The summed E-state index contributed by atoms with van der Waals surface area (Å²) in [6, 6.07) is 1.47. The summed E-state index contributed by atoms with van der Waals surface area (Å²) in [6.45, 7) is 0. The fourth-order valence-corrected chi connectivity index (χ4v) is 0.0676. The maximum absolute atomic E-state index is 9.38. The lowest BCUT2D eigenvalue weighted by Crippen LogP contribution is -1.88. The van der Waals surface area contributed by atoms with Crippen molar-refractivity contribution in [3.63, 3.8) is 0 Å². The smallest absolute Gasteiger partial charge is 0.317 e. The van der Waals surface area contributed by atoms with E-state index in [9.17, 15) is 4.79 Å². The lowest BCUT2D eigenvalue weighted by Gasteiger charge is -1.70. The number of nitriles is 1. The topological polar surface area (TPSA) is 107 Å². The molecule has 0 spiro atoms. The molecule has 0 bridgehead atoms. The Labute approximate surface area is 45.9 Å². The van der Waals surface area contributed by atoms with Crippen LogP contribution < -0.4 is 5.90 Å². The lowest BCUT2D eigenvalue weighted by molar-refractivity contribution is -0.135. The molecule has 0 rings (SSSR count). The molecule has 0 saturated carbocycles. The van der Waals surface area contributed by atoms with E-state index in [4.69, 9.17) is 15.6 Å². The quantitative estimate of drug-likeness (QED) is 0.395. The van der Waals surface area contributed by atoms with Crippen LogP contribution in [-0.4, -0.2) is 16.3 Å². The van der Waals surface area contributed by atoms with Gasteiger partial charge in [0.15, 0.2) is 0 Å². The zero-order chi connectivity index (χ0) is 6.99. The Hall–Kier alpha value is -1.12. The molecule has 0 aliphatic rings. The van der Waals surface area contributed by atoms with Crippen LogP contribution in [0.5, 0.6) is 0 Å². The van der Waals surface area contributed by atoms with Gasteiger partial charge in [0.2, 0.25) is 0 Å². The normalized spacial score (nSPS) is 5.62. The van der Waals surface area contributed by atoms with Crippen molar-refractivity contribution in [1.29, 1.82) is 5.26 Å². The largest absolute Gasteiger partial charge is 0.480 e. The van der Waals surface area contributed by atoms with E-state index < -0.39 is 12.4 Å². The average Bonchev–Trinajstić information content (AvgIpc) is 1.72. The van der Waals surface area contributed by atoms with E-state index in [-0.39, 0.29) is 0 Å². The summed E-state index contributed by atoms with van der Waals surface area (Å²) in [5, 5.41) is 21.8. The van der Waals surface area contributed by atoms with Crippen LogP contribution in [0.1, 0.15) is 6.42 Å². The van der Waals surface area contributed by atoms with Crippen LogP contribution in [0.25, 0.3) is 0 Å². The number of hydrogen-bond donors (Lipinski definition) is 3. The van der Waals surface area contributed by atoms with Crippen molar-refractivity contribution in [3.8, 4) is 6.07 Å². The van der Waals surface area contributed by atoms with E-state index >= 15 is 0 Å². The zero-order valence-electron chi connectivity index (χ0n) is 4.03. The SMILES string of the molecule is N#CCC(=O)O.NO. The molecule has 0 aromatic rings. The molecule has 0 aliphatic heterocycles. The first-order chi connectivity index (χ1) is 3.77. The number of hydrogen-bond acceptors (Lipinski definition) is 4. The van der Waals surface area contributed by atoms with Gasteiger partial charge >= 0.3 is 5.97 Å². The Balaban J connectivity index is 0. The highest BCUT2D eigenvalue weighted by molar-refractivity contribution is 5.69. The van der Waals surface area contributed by atoms with E-state index in [1.807, 2.05) is 0 Å². The molecular formula is C3H6N2O3. The number of carbonyl (C=O) groups is 1. The molecule has 0 amide bonds. The summed E-state index contributed by atoms with van der Waals surface area (Å²) < 4.78 is 0. The van der Waals surface area contributed by atoms with Gasteiger partial charge in [-0.2, -0.15) is 5.26 Å². The van der Waals surface area contributed by atoms with Crippen molar-refractivity contribution < 1.29 is 15.1 Å². The van der Waals surface area contributed by atoms with Crippen molar-refractivity contribution in [2.75, 3.05) is 0 Å². The summed E-state index contributed by atoms with van der Waals surface area (Å²) >= 11 is 0. The first kappa shape index (κ1) is 9.99. The summed E-state index contributed by atoms with van der Waals surface area (Å²) in [4.78, 5) is 9.38. The molecule has 4 N–H and O–H groups in total. The Bertz CT molecular complexity index is 95.2. The zero-order valence-corrected chi connectivity index (χ0v) is 4.03. The van der Waals surface area contributed by atoms with Crippen LogP contribution in [0.2, 0.25) is 0 Å². The van der Waals surface area contributed by atoms with Crippen molar-refractivity contribution in [2.45, 2.75) is 6.42 Å². The maximum atomic E-state index is 9.38. The van der Waals surface area contributed by atoms with Crippen LogP contribution in [0.15, 0.2) is 0 Å². The third-order valence-electron chi connectivity index (χ3n) is 0.230. The third kappa shape index (κ3) is 20.8. The Morgan fingerprint density at radius 3 is 2.12 bits per heavy atom. The summed E-state index contributed by atoms with van der Waals surface area (Å²) in [7, 11) is 0. The first-order valence-electron chi connectivity index (χ1n) is 1.62. The Kier molecular flexibility index (Phi) is 11.6. The number of carboxylic acids is 1. The van der Waals surface area contributed by atoms with Crippen LogP contribution >= 0.6 is 0 Å². The van der Waals surface area contributed by atoms with Gasteiger partial charge in [0, 0.05) is 0 Å². The predicted octanol–water partition coefficient (Wildman–Crippen LogP) is -0.681. The minimum atomic E-state index is -1.07. The number of nitrogens with zero attached hydrogens (tertiary/aromatic N) is 1. The van der Waals surface area contributed by atoms with Crippen LogP contribution in [-0.2, 0) is 4.79 Å². The fraction of sp³-hybridized carbons (Fsp3) is 0.333. The van der Waals surface area contributed by atoms with Crippen LogP contribution in [0, 0.1) is 11.3 Å². The lowest BCUT2D eigenvalue weighted by atomic mass is 10.5. The van der Waals surface area contributed by atoms with Gasteiger partial charge in [-0.05, 0) is 0 Å². The number of rotatable bonds is 1. The van der Waals surface area contributed by atoms with E-state index in [0.29, 0.717) is 0 Å². The number of aliphatic carboxylic acids is 1. The van der Waals surface area contributed by atoms with Crippen molar-refractivity contribution in [1.82, 2.24) is 0 Å². The summed E-state index contributed by atoms with van der Waals surface area (Å²) in [5.41, 5.74) is 0. The molecule has 0 unspecified atom stereocenters. The van der Waals surface area contributed by atoms with Gasteiger partial charge in [-0.1, -0.05) is 0 Å². The predicted molar refractivity (Wildman–Crippen MR) is 23.8 cm³/mol. The highest BCUT2D eigenvalue weighted by Gasteiger charge is 1.87. The Morgan fingerprint density at radius 2 is 2.12 bits per heavy atom. The van der Waals surface area contributed by atoms with Gasteiger partial charge in [-0.25, -0.2) is 5.90 Å². The van der Waals surface area contributed by atoms with E-state index in [0.717, 1.165) is 0 Å². The average molecular weight is 118 g/mol. The second-order valence-electron chi connectivity index (χ2n) is 0.729. The molecule has 0 aromatic carbocycles. The molecule has 0 atom stereocenters.